The van der Waals surface area contributed by atoms with Gasteiger partial charge in [0, 0.05) is 0 Å². The SMILES string of the molecule is CC1C=CC(c2ccsc2)=[C]1[Zr+2](=[C]1CCCCC1)[CH]1c2cc(C(C)(C)C)ccc2-c2ccc(C(C)(C)C)cc21.[Cl-].[Cl-]. The van der Waals surface area contributed by atoms with E-state index in [1.54, 1.807) is 16.7 Å². The molecule has 1 unspecified atom stereocenters. The first-order valence-electron chi connectivity index (χ1n) is 15.0. The Labute approximate surface area is 272 Å². The van der Waals surface area contributed by atoms with Gasteiger partial charge in [-0.25, -0.2) is 0 Å². The molecule has 0 spiro atoms. The van der Waals surface area contributed by atoms with E-state index in [4.69, 9.17) is 0 Å². The van der Waals surface area contributed by atoms with Crippen LogP contribution in [0.2, 0.25) is 0 Å². The van der Waals surface area contributed by atoms with Crippen molar-refractivity contribution in [2.45, 2.75) is 95.0 Å². The Hall–Kier alpha value is -1.05. The molecule has 0 aliphatic heterocycles. The van der Waals surface area contributed by atoms with Crippen LogP contribution in [0.4, 0.5) is 0 Å². The second kappa shape index (κ2) is 12.5. The van der Waals surface area contributed by atoms with Gasteiger partial charge in [0.1, 0.15) is 0 Å². The standard InChI is InChI=1S/C21H25.C10H9S.C6H10.2ClH.Zr/c1-20(2,3)16-7-9-18-14(12-16)11-15-13-17(21(4,5)6)8-10-19(15)18;1-8-2-3-9(6-8)10-4-5-11-7-10;1-2-4-6-5-3-1;;;/h7-13H,1-6H3;2-5,7-8H,1H3;1-5H2;2*1H;/q;;;;;+2/p-2. The Balaban J connectivity index is 0.00000194. The van der Waals surface area contributed by atoms with Crippen LogP contribution in [-0.4, -0.2) is 3.21 Å². The molecule has 1 aromatic heterocycles. The molecule has 3 aliphatic carbocycles. The molecule has 0 nitrogen and oxygen atoms in total. The second-order valence-corrected chi connectivity index (χ2v) is 21.4. The molecule has 1 heterocycles. The van der Waals surface area contributed by atoms with Gasteiger partial charge in [0.05, 0.1) is 0 Å². The fraction of sp³-hybridized carbons (Fsp3) is 0.432. The summed E-state index contributed by atoms with van der Waals surface area (Å²) in [5.41, 5.74) is 12.6. The van der Waals surface area contributed by atoms with E-state index in [2.05, 4.69) is 114 Å². The Bertz CT molecular complexity index is 1440. The van der Waals surface area contributed by atoms with Crippen molar-refractivity contribution < 1.29 is 46.1 Å². The monoisotopic (exact) mass is 680 g/mol. The van der Waals surface area contributed by atoms with Gasteiger partial charge in [-0.1, -0.05) is 0 Å². The molecule has 216 valence electrons. The number of hydrogen-bond acceptors (Lipinski definition) is 1. The van der Waals surface area contributed by atoms with Crippen molar-refractivity contribution in [3.05, 3.63) is 96.5 Å². The molecule has 1 fully saturated rings. The van der Waals surface area contributed by atoms with Gasteiger partial charge in [0.25, 0.3) is 0 Å². The summed E-state index contributed by atoms with van der Waals surface area (Å²) in [7, 11) is 0. The van der Waals surface area contributed by atoms with E-state index in [1.807, 2.05) is 17.8 Å². The van der Waals surface area contributed by atoms with Gasteiger partial charge in [-0.2, -0.15) is 0 Å². The maximum absolute atomic E-state index is 2.64. The van der Waals surface area contributed by atoms with Crippen molar-refractivity contribution in [3.63, 3.8) is 0 Å². The van der Waals surface area contributed by atoms with Gasteiger partial charge in [-0.15, -0.1) is 0 Å². The van der Waals surface area contributed by atoms with E-state index >= 15 is 0 Å². The van der Waals surface area contributed by atoms with Crippen LogP contribution >= 0.6 is 11.3 Å². The topological polar surface area (TPSA) is 0 Å². The Morgan fingerprint density at radius 3 is 1.80 bits per heavy atom. The maximum Gasteiger partial charge on any atom is -1.00 e. The molecular formula is C37H44Cl2SZr. The third-order valence-electron chi connectivity index (χ3n) is 9.29. The number of benzene rings is 2. The van der Waals surface area contributed by atoms with Crippen LogP contribution in [0.3, 0.4) is 0 Å². The van der Waals surface area contributed by atoms with Gasteiger partial charge in [-0.3, -0.25) is 0 Å². The Morgan fingerprint density at radius 2 is 1.32 bits per heavy atom. The number of thiophene rings is 1. The number of hydrogen-bond donors (Lipinski definition) is 0. The second-order valence-electron chi connectivity index (χ2n) is 14.1. The Morgan fingerprint density at radius 1 is 0.756 bits per heavy atom. The van der Waals surface area contributed by atoms with Crippen molar-refractivity contribution in [2.24, 2.45) is 5.92 Å². The molecule has 4 heteroatoms. The van der Waals surface area contributed by atoms with Crippen LogP contribution in [0.25, 0.3) is 16.7 Å². The largest absolute Gasteiger partial charge is 1.00 e. The molecule has 1 saturated carbocycles. The number of fused-ring (bicyclic) bond motifs is 3. The smallest absolute Gasteiger partial charge is 1.00 e. The maximum atomic E-state index is 2.64. The zero-order valence-electron chi connectivity index (χ0n) is 25.7. The molecule has 6 rings (SSSR count). The zero-order chi connectivity index (χ0) is 27.5. The van der Waals surface area contributed by atoms with Crippen LogP contribution in [-0.2, 0) is 32.1 Å². The molecule has 0 bridgehead atoms. The fourth-order valence-electron chi connectivity index (χ4n) is 7.03. The quantitative estimate of drug-likeness (QED) is 0.373. The molecule has 0 saturated heterocycles. The van der Waals surface area contributed by atoms with E-state index in [9.17, 15) is 0 Å². The van der Waals surface area contributed by atoms with Crippen LogP contribution < -0.4 is 24.8 Å². The zero-order valence-corrected chi connectivity index (χ0v) is 30.5. The van der Waals surface area contributed by atoms with Crippen LogP contribution in [0.15, 0.2) is 68.7 Å². The molecule has 3 aromatic rings. The summed E-state index contributed by atoms with van der Waals surface area (Å²) < 4.78 is 4.42. The first-order valence-corrected chi connectivity index (χ1v) is 19.8. The summed E-state index contributed by atoms with van der Waals surface area (Å²) in [6.45, 7) is 16.7. The summed E-state index contributed by atoms with van der Waals surface area (Å²) in [5.74, 6) is 0.549. The average molecular weight is 683 g/mol. The average Bonchev–Trinajstić information content (AvgIpc) is 3.62. The van der Waals surface area contributed by atoms with Gasteiger partial charge in [-0.05, 0) is 0 Å². The van der Waals surface area contributed by atoms with Gasteiger partial charge in [0.2, 0.25) is 0 Å². The minimum absolute atomic E-state index is 0. The van der Waals surface area contributed by atoms with Crippen molar-refractivity contribution in [1.82, 2.24) is 0 Å². The minimum atomic E-state index is -2.40. The van der Waals surface area contributed by atoms with Crippen LogP contribution in [0, 0.1) is 5.92 Å². The number of allylic oxidation sites excluding steroid dienone is 4. The summed E-state index contributed by atoms with van der Waals surface area (Å²) in [6, 6.07) is 17.4. The predicted molar refractivity (Wildman–Crippen MR) is 169 cm³/mol. The molecule has 0 radical (unpaired) electrons. The third kappa shape index (κ3) is 6.16. The molecule has 2 aromatic carbocycles. The summed E-state index contributed by atoms with van der Waals surface area (Å²) in [6.07, 6.45) is 11.9. The van der Waals surface area contributed by atoms with Gasteiger partial charge in [0.15, 0.2) is 0 Å². The predicted octanol–water partition coefficient (Wildman–Crippen LogP) is 4.79. The normalized spacial score (nSPS) is 18.4. The van der Waals surface area contributed by atoms with Crippen molar-refractivity contribution in [1.29, 1.82) is 0 Å². The summed E-state index contributed by atoms with van der Waals surface area (Å²) >= 11 is -0.557. The first kappa shape index (κ1) is 32.9. The van der Waals surface area contributed by atoms with Crippen LogP contribution in [0.1, 0.15) is 112 Å². The molecular weight excluding hydrogens is 639 g/mol. The van der Waals surface area contributed by atoms with E-state index in [-0.39, 0.29) is 35.6 Å². The van der Waals surface area contributed by atoms with E-state index in [0.29, 0.717) is 9.54 Å². The van der Waals surface area contributed by atoms with Gasteiger partial charge < -0.3 is 24.8 Å². The van der Waals surface area contributed by atoms with E-state index < -0.39 is 21.3 Å². The van der Waals surface area contributed by atoms with E-state index in [0.717, 1.165) is 0 Å². The molecule has 0 N–H and O–H groups in total. The molecule has 41 heavy (non-hydrogen) atoms. The van der Waals surface area contributed by atoms with Crippen LogP contribution in [0.5, 0.6) is 0 Å². The Kier molecular flexibility index (Phi) is 10.0. The third-order valence-corrected chi connectivity index (χ3v) is 19.2. The minimum Gasteiger partial charge on any atom is -1.00 e. The molecule has 1 atom stereocenters. The number of rotatable bonds is 3. The molecule has 0 amide bonds. The van der Waals surface area contributed by atoms with Gasteiger partial charge >= 0.3 is 250 Å². The summed E-state index contributed by atoms with van der Waals surface area (Å²) in [5, 5.41) is 4.65. The van der Waals surface area contributed by atoms with Crippen molar-refractivity contribution in [2.75, 3.05) is 0 Å². The first-order chi connectivity index (χ1) is 18.5. The summed E-state index contributed by atoms with van der Waals surface area (Å²) in [4.78, 5) is 0. The van der Waals surface area contributed by atoms with Crippen molar-refractivity contribution >= 4 is 20.1 Å². The number of halogens is 2. The van der Waals surface area contributed by atoms with E-state index in [1.165, 1.54) is 59.9 Å². The molecule has 3 aliphatic rings. The fourth-order valence-corrected chi connectivity index (χ4v) is 18.0. The van der Waals surface area contributed by atoms with Crippen molar-refractivity contribution in [3.8, 4) is 11.1 Å².